The molecule has 1 unspecified atom stereocenters. The molecule has 2 aromatic rings. The number of rotatable bonds is 2. The molecule has 9 heteroatoms. The van der Waals surface area contributed by atoms with Crippen molar-refractivity contribution in [1.29, 1.82) is 5.26 Å². The van der Waals surface area contributed by atoms with E-state index in [2.05, 4.69) is 5.10 Å². The third kappa shape index (κ3) is 1.99. The van der Waals surface area contributed by atoms with Gasteiger partial charge in [0.15, 0.2) is 11.1 Å². The lowest BCUT2D eigenvalue weighted by Gasteiger charge is -2.20. The van der Waals surface area contributed by atoms with Gasteiger partial charge in [-0.15, -0.1) is 0 Å². The van der Waals surface area contributed by atoms with Crippen molar-refractivity contribution < 1.29 is 22.0 Å². The average Bonchev–Trinajstić information content (AvgIpc) is 2.92. The average molecular weight is 342 g/mol. The number of benzene rings is 1. The van der Waals surface area contributed by atoms with Crippen molar-refractivity contribution in [3.05, 3.63) is 41.1 Å². The number of hydrogen-bond acceptors (Lipinski definition) is 3. The summed E-state index contributed by atoms with van der Waals surface area (Å²) >= 11 is 0. The fourth-order valence-electron chi connectivity index (χ4n) is 2.82. The smallest absolute Gasteiger partial charge is 0.383 e. The van der Waals surface area contributed by atoms with Crippen LogP contribution in [-0.4, -0.2) is 21.9 Å². The first-order valence-corrected chi connectivity index (χ1v) is 6.86. The Morgan fingerprint density at radius 2 is 1.79 bits per heavy atom. The molecule has 1 aliphatic rings. The first-order chi connectivity index (χ1) is 11.0. The number of nitrogens with zero attached hydrogens (tertiary/aromatic N) is 3. The molecular formula is C15H11F5N4. The molecule has 1 aromatic carbocycles. The maximum Gasteiger partial charge on any atom is 0.404 e. The van der Waals surface area contributed by atoms with Crippen LogP contribution >= 0.6 is 0 Å². The fourth-order valence-corrected chi connectivity index (χ4v) is 2.82. The minimum atomic E-state index is -5.25. The van der Waals surface area contributed by atoms with Gasteiger partial charge in [-0.2, -0.15) is 23.5 Å². The lowest BCUT2D eigenvalue weighted by Crippen LogP contribution is -2.35. The van der Waals surface area contributed by atoms with Gasteiger partial charge in [-0.1, -0.05) is 17.7 Å². The standard InChI is InChI=1S/C15H11F5N4/c1-8-2-4-9(5-3-8)24-12(22)11(10(6-21)23-24)13(15(18,19)20)7-14(13,16)17/h2-5H,7,22H2,1H3. The molecule has 0 saturated heterocycles. The lowest BCUT2D eigenvalue weighted by atomic mass is 9.94. The molecule has 1 saturated carbocycles. The van der Waals surface area contributed by atoms with E-state index >= 15 is 0 Å². The van der Waals surface area contributed by atoms with Crippen LogP contribution in [0.25, 0.3) is 5.69 Å². The zero-order chi connectivity index (χ0) is 17.9. The van der Waals surface area contributed by atoms with Gasteiger partial charge in [-0.3, -0.25) is 0 Å². The predicted octanol–water partition coefficient (Wildman–Crippen LogP) is 3.47. The molecule has 1 heterocycles. The second-order valence-corrected chi connectivity index (χ2v) is 5.75. The molecule has 0 amide bonds. The molecule has 3 rings (SSSR count). The zero-order valence-corrected chi connectivity index (χ0v) is 12.3. The van der Waals surface area contributed by atoms with Crippen LogP contribution in [0, 0.1) is 18.3 Å². The second kappa shape index (κ2) is 4.69. The number of anilines is 1. The largest absolute Gasteiger partial charge is 0.404 e. The van der Waals surface area contributed by atoms with E-state index in [-0.39, 0.29) is 5.69 Å². The van der Waals surface area contributed by atoms with E-state index in [1.165, 1.54) is 18.2 Å². The SMILES string of the molecule is Cc1ccc(-n2nc(C#N)c(C3(C(F)(F)F)CC3(F)F)c2N)cc1. The maximum atomic E-state index is 13.7. The summed E-state index contributed by atoms with van der Waals surface area (Å²) in [5.41, 5.74) is 1.71. The van der Waals surface area contributed by atoms with E-state index in [0.29, 0.717) is 0 Å². The number of aryl methyl sites for hydroxylation is 1. The van der Waals surface area contributed by atoms with Crippen LogP contribution in [0.5, 0.6) is 0 Å². The lowest BCUT2D eigenvalue weighted by molar-refractivity contribution is -0.182. The van der Waals surface area contributed by atoms with Crippen LogP contribution in [0.2, 0.25) is 0 Å². The van der Waals surface area contributed by atoms with Crippen molar-refractivity contribution in [3.63, 3.8) is 0 Å². The molecule has 24 heavy (non-hydrogen) atoms. The molecule has 0 spiro atoms. The molecule has 1 aliphatic carbocycles. The summed E-state index contributed by atoms with van der Waals surface area (Å²) in [6, 6.07) is 7.81. The highest BCUT2D eigenvalue weighted by Crippen LogP contribution is 2.70. The molecule has 0 bridgehead atoms. The van der Waals surface area contributed by atoms with E-state index in [1.807, 2.05) is 0 Å². The highest BCUT2D eigenvalue weighted by Gasteiger charge is 2.86. The Morgan fingerprint density at radius 3 is 2.21 bits per heavy atom. The number of nitrogens with two attached hydrogens (primary N) is 1. The molecule has 1 aromatic heterocycles. The van der Waals surface area contributed by atoms with E-state index in [1.54, 1.807) is 19.1 Å². The molecule has 126 valence electrons. The minimum Gasteiger partial charge on any atom is -0.383 e. The number of aromatic nitrogens is 2. The van der Waals surface area contributed by atoms with Crippen LogP contribution in [0.3, 0.4) is 0 Å². The summed E-state index contributed by atoms with van der Waals surface area (Å²) in [5.74, 6) is -4.63. The third-order valence-electron chi connectivity index (χ3n) is 4.20. The van der Waals surface area contributed by atoms with Gasteiger partial charge < -0.3 is 5.73 Å². The first-order valence-electron chi connectivity index (χ1n) is 6.86. The Labute approximate surface area is 133 Å². The fraction of sp³-hybridized carbons (Fsp3) is 0.333. The van der Waals surface area contributed by atoms with Gasteiger partial charge in [-0.05, 0) is 19.1 Å². The van der Waals surface area contributed by atoms with Crippen LogP contribution in [0.1, 0.15) is 23.2 Å². The Morgan fingerprint density at radius 1 is 1.25 bits per heavy atom. The van der Waals surface area contributed by atoms with Crippen LogP contribution in [0.15, 0.2) is 24.3 Å². The van der Waals surface area contributed by atoms with E-state index < -0.39 is 41.0 Å². The summed E-state index contributed by atoms with van der Waals surface area (Å²) in [5, 5.41) is 12.8. The number of nitrogen functional groups attached to an aromatic ring is 1. The topological polar surface area (TPSA) is 67.6 Å². The Balaban J connectivity index is 2.24. The van der Waals surface area contributed by atoms with Crippen molar-refractivity contribution in [2.75, 3.05) is 5.73 Å². The third-order valence-corrected chi connectivity index (χ3v) is 4.20. The molecular weight excluding hydrogens is 331 g/mol. The Kier molecular flexibility index (Phi) is 3.17. The van der Waals surface area contributed by atoms with Crippen molar-refractivity contribution in [2.45, 2.75) is 30.9 Å². The van der Waals surface area contributed by atoms with Gasteiger partial charge in [0.05, 0.1) is 11.3 Å². The summed E-state index contributed by atoms with van der Waals surface area (Å²) in [7, 11) is 0. The molecule has 0 aliphatic heterocycles. The number of hydrogen-bond donors (Lipinski definition) is 1. The molecule has 1 atom stereocenters. The van der Waals surface area contributed by atoms with Gasteiger partial charge in [0.25, 0.3) is 5.92 Å². The van der Waals surface area contributed by atoms with Crippen LogP contribution < -0.4 is 5.73 Å². The van der Waals surface area contributed by atoms with E-state index in [4.69, 9.17) is 11.0 Å². The van der Waals surface area contributed by atoms with Gasteiger partial charge >= 0.3 is 6.18 Å². The van der Waals surface area contributed by atoms with Crippen LogP contribution in [-0.2, 0) is 5.41 Å². The van der Waals surface area contributed by atoms with Crippen molar-refractivity contribution in [2.24, 2.45) is 0 Å². The Hall–Kier alpha value is -2.63. The Bertz CT molecular complexity index is 844. The normalized spacial score (nSPS) is 22.2. The van der Waals surface area contributed by atoms with Gasteiger partial charge in [0.1, 0.15) is 11.9 Å². The van der Waals surface area contributed by atoms with Crippen molar-refractivity contribution in [3.8, 4) is 11.8 Å². The highest BCUT2D eigenvalue weighted by atomic mass is 19.4. The zero-order valence-electron chi connectivity index (χ0n) is 12.3. The molecule has 0 radical (unpaired) electrons. The first kappa shape index (κ1) is 16.2. The maximum absolute atomic E-state index is 13.7. The molecule has 1 fully saturated rings. The summed E-state index contributed by atoms with van der Waals surface area (Å²) in [4.78, 5) is 0. The summed E-state index contributed by atoms with van der Waals surface area (Å²) in [6.07, 6.45) is -6.70. The minimum absolute atomic E-state index is 0.280. The summed E-state index contributed by atoms with van der Waals surface area (Å²) < 4.78 is 68.3. The predicted molar refractivity (Wildman–Crippen MR) is 74.7 cm³/mol. The number of halogens is 5. The van der Waals surface area contributed by atoms with E-state index in [0.717, 1.165) is 10.2 Å². The van der Waals surface area contributed by atoms with Crippen molar-refractivity contribution >= 4 is 5.82 Å². The molecule has 2 N–H and O–H groups in total. The monoisotopic (exact) mass is 342 g/mol. The molecule has 4 nitrogen and oxygen atoms in total. The number of alkyl halides is 5. The quantitative estimate of drug-likeness (QED) is 0.850. The summed E-state index contributed by atoms with van der Waals surface area (Å²) in [6.45, 7) is 1.80. The van der Waals surface area contributed by atoms with Gasteiger partial charge in [-0.25, -0.2) is 13.5 Å². The second-order valence-electron chi connectivity index (χ2n) is 5.75. The van der Waals surface area contributed by atoms with Crippen molar-refractivity contribution in [1.82, 2.24) is 9.78 Å². The van der Waals surface area contributed by atoms with Crippen LogP contribution in [0.4, 0.5) is 27.8 Å². The van der Waals surface area contributed by atoms with E-state index in [9.17, 15) is 22.0 Å². The van der Waals surface area contributed by atoms with Gasteiger partial charge in [0.2, 0.25) is 0 Å². The highest BCUT2D eigenvalue weighted by molar-refractivity contribution is 5.61. The van der Waals surface area contributed by atoms with Gasteiger partial charge in [0, 0.05) is 6.42 Å². The number of nitriles is 1.